The van der Waals surface area contributed by atoms with Gasteiger partial charge in [-0.2, -0.15) is 0 Å². The van der Waals surface area contributed by atoms with Gasteiger partial charge in [-0.3, -0.25) is 9.59 Å². The van der Waals surface area contributed by atoms with Gasteiger partial charge in [-0.15, -0.1) is 0 Å². The number of anilines is 1. The number of amides is 2. The Morgan fingerprint density at radius 1 is 0.800 bits per heavy atom. The quantitative estimate of drug-likeness (QED) is 0.386. The molecule has 3 aromatic rings. The number of hydrogen-bond acceptors (Lipinski definition) is 3. The standard InChI is InChI=1S/C28H28Cl2N2O3/c1-35-22-12-8-11-20(18-22)27(33)32-17-7-3-2-6-16-31(19-21-10-4-5-15-25(21)32)28(34)26-23(29)13-9-14-24(26)30/h4-5,8-15,18H,2-3,6-7,16-17,19H2,1H3. The Kier molecular flexibility index (Phi) is 8.32. The largest absolute Gasteiger partial charge is 0.497 e. The molecule has 0 radical (unpaired) electrons. The summed E-state index contributed by atoms with van der Waals surface area (Å²) in [5.74, 6) is 0.332. The molecule has 1 aliphatic rings. The van der Waals surface area contributed by atoms with Gasteiger partial charge in [0, 0.05) is 30.9 Å². The fourth-order valence-corrected chi connectivity index (χ4v) is 4.95. The highest BCUT2D eigenvalue weighted by atomic mass is 35.5. The number of carbonyl (C=O) groups is 2. The van der Waals surface area contributed by atoms with Crippen LogP contribution in [0.2, 0.25) is 10.0 Å². The van der Waals surface area contributed by atoms with Gasteiger partial charge < -0.3 is 14.5 Å². The monoisotopic (exact) mass is 510 g/mol. The third-order valence-corrected chi connectivity index (χ3v) is 6.86. The van der Waals surface area contributed by atoms with Crippen LogP contribution >= 0.6 is 23.2 Å². The number of carbonyl (C=O) groups excluding carboxylic acids is 2. The highest BCUT2D eigenvalue weighted by molar-refractivity contribution is 6.39. The van der Waals surface area contributed by atoms with Crippen LogP contribution in [0.1, 0.15) is 52.0 Å². The molecule has 0 N–H and O–H groups in total. The minimum absolute atomic E-state index is 0.0948. The van der Waals surface area contributed by atoms with E-state index in [1.54, 1.807) is 42.3 Å². The van der Waals surface area contributed by atoms with Crippen molar-refractivity contribution >= 4 is 40.7 Å². The van der Waals surface area contributed by atoms with E-state index in [2.05, 4.69) is 0 Å². The van der Waals surface area contributed by atoms with Crippen molar-refractivity contribution in [2.45, 2.75) is 32.2 Å². The summed E-state index contributed by atoms with van der Waals surface area (Å²) >= 11 is 12.7. The average Bonchev–Trinajstić information content (AvgIpc) is 2.91. The van der Waals surface area contributed by atoms with E-state index in [0.29, 0.717) is 46.6 Å². The van der Waals surface area contributed by atoms with E-state index < -0.39 is 0 Å². The van der Waals surface area contributed by atoms with Gasteiger partial charge in [-0.1, -0.05) is 66.4 Å². The number of fused-ring (bicyclic) bond motifs is 1. The fraction of sp³-hybridized carbons (Fsp3) is 0.286. The lowest BCUT2D eigenvalue weighted by molar-refractivity contribution is 0.0740. The van der Waals surface area contributed by atoms with Gasteiger partial charge in [0.05, 0.1) is 22.7 Å². The van der Waals surface area contributed by atoms with Crippen LogP contribution in [0.5, 0.6) is 5.75 Å². The summed E-state index contributed by atoms with van der Waals surface area (Å²) in [6, 6.07) is 20.0. The number of methoxy groups -OCH3 is 1. The van der Waals surface area contributed by atoms with Crippen molar-refractivity contribution in [3.63, 3.8) is 0 Å². The second kappa shape index (κ2) is 11.6. The Balaban J connectivity index is 1.71. The van der Waals surface area contributed by atoms with Crippen molar-refractivity contribution in [3.05, 3.63) is 93.5 Å². The average molecular weight is 511 g/mol. The molecule has 0 unspecified atom stereocenters. The van der Waals surface area contributed by atoms with Crippen molar-refractivity contribution < 1.29 is 14.3 Å². The lowest BCUT2D eigenvalue weighted by atomic mass is 10.1. The smallest absolute Gasteiger partial charge is 0.258 e. The number of halogens is 2. The summed E-state index contributed by atoms with van der Waals surface area (Å²) < 4.78 is 5.32. The zero-order chi connectivity index (χ0) is 24.8. The van der Waals surface area contributed by atoms with E-state index in [-0.39, 0.29) is 11.8 Å². The zero-order valence-electron chi connectivity index (χ0n) is 19.7. The number of ether oxygens (including phenoxy) is 1. The normalized spacial score (nSPS) is 14.6. The predicted molar refractivity (Wildman–Crippen MR) is 141 cm³/mol. The summed E-state index contributed by atoms with van der Waals surface area (Å²) in [5.41, 5.74) is 2.56. The van der Waals surface area contributed by atoms with Crippen LogP contribution in [0.4, 0.5) is 5.69 Å². The lowest BCUT2D eigenvalue weighted by Gasteiger charge is -2.28. The van der Waals surface area contributed by atoms with E-state index >= 15 is 0 Å². The molecular formula is C28H28Cl2N2O3. The maximum absolute atomic E-state index is 13.7. The molecular weight excluding hydrogens is 483 g/mol. The molecule has 0 spiro atoms. The molecule has 0 aromatic heterocycles. The van der Waals surface area contributed by atoms with Crippen molar-refractivity contribution in [2.24, 2.45) is 0 Å². The Morgan fingerprint density at radius 3 is 2.23 bits per heavy atom. The van der Waals surface area contributed by atoms with Crippen molar-refractivity contribution in [3.8, 4) is 5.75 Å². The Hall–Kier alpha value is -3.02. The number of hydrogen-bond donors (Lipinski definition) is 0. The van der Waals surface area contributed by atoms with Crippen LogP contribution in [0.3, 0.4) is 0 Å². The van der Waals surface area contributed by atoms with E-state index in [1.807, 2.05) is 41.3 Å². The SMILES string of the molecule is COc1cccc(C(=O)N2CCCCCCN(C(=O)c3c(Cl)cccc3Cl)Cc3ccccc32)c1. The van der Waals surface area contributed by atoms with Gasteiger partial charge >= 0.3 is 0 Å². The molecule has 2 amide bonds. The predicted octanol–water partition coefficient (Wildman–Crippen LogP) is 6.87. The highest BCUT2D eigenvalue weighted by Crippen LogP contribution is 2.30. The molecule has 182 valence electrons. The maximum Gasteiger partial charge on any atom is 0.258 e. The minimum Gasteiger partial charge on any atom is -0.497 e. The van der Waals surface area contributed by atoms with Gasteiger partial charge in [0.15, 0.2) is 0 Å². The van der Waals surface area contributed by atoms with Crippen molar-refractivity contribution in [1.82, 2.24) is 4.90 Å². The summed E-state index contributed by atoms with van der Waals surface area (Å²) in [6.07, 6.45) is 3.64. The van der Waals surface area contributed by atoms with Crippen molar-refractivity contribution in [2.75, 3.05) is 25.1 Å². The zero-order valence-corrected chi connectivity index (χ0v) is 21.2. The first kappa shape index (κ1) is 25.1. The van der Waals surface area contributed by atoms with Gasteiger partial charge in [-0.05, 0) is 54.8 Å². The fourth-order valence-electron chi connectivity index (χ4n) is 4.40. The lowest BCUT2D eigenvalue weighted by Crippen LogP contribution is -2.35. The molecule has 0 fully saturated rings. The first-order chi connectivity index (χ1) is 17.0. The minimum atomic E-state index is -0.208. The van der Waals surface area contributed by atoms with Gasteiger partial charge in [0.25, 0.3) is 11.8 Å². The van der Waals surface area contributed by atoms with Gasteiger partial charge in [0.1, 0.15) is 5.75 Å². The summed E-state index contributed by atoms with van der Waals surface area (Å²) in [6.45, 7) is 1.52. The first-order valence-corrected chi connectivity index (χ1v) is 12.5. The second-order valence-corrected chi connectivity index (χ2v) is 9.37. The Bertz CT molecular complexity index is 1190. The first-order valence-electron chi connectivity index (χ1n) is 11.8. The molecule has 7 heteroatoms. The molecule has 5 nitrogen and oxygen atoms in total. The van der Waals surface area contributed by atoms with E-state index in [9.17, 15) is 9.59 Å². The van der Waals surface area contributed by atoms with Crippen LogP contribution in [0.25, 0.3) is 0 Å². The topological polar surface area (TPSA) is 49.9 Å². The summed E-state index contributed by atoms with van der Waals surface area (Å²) in [4.78, 5) is 30.8. The van der Waals surface area contributed by atoms with Gasteiger partial charge in [-0.25, -0.2) is 0 Å². The van der Waals surface area contributed by atoms with Crippen LogP contribution in [-0.2, 0) is 6.54 Å². The van der Waals surface area contributed by atoms with Crippen molar-refractivity contribution in [1.29, 1.82) is 0 Å². The molecule has 0 saturated carbocycles. The molecule has 4 rings (SSSR count). The number of rotatable bonds is 3. The van der Waals surface area contributed by atoms with E-state index in [1.165, 1.54) is 0 Å². The molecule has 1 aliphatic heterocycles. The molecule has 0 bridgehead atoms. The van der Waals surface area contributed by atoms with Crippen LogP contribution < -0.4 is 9.64 Å². The number of nitrogens with zero attached hydrogens (tertiary/aromatic N) is 2. The third kappa shape index (κ3) is 5.80. The summed E-state index contributed by atoms with van der Waals surface area (Å²) in [5, 5.41) is 0.667. The Labute approximate surface area is 216 Å². The maximum atomic E-state index is 13.7. The van der Waals surface area contributed by atoms with Crippen LogP contribution in [0, 0.1) is 0 Å². The number of para-hydroxylation sites is 1. The molecule has 0 aliphatic carbocycles. The van der Waals surface area contributed by atoms with Crippen LogP contribution in [-0.4, -0.2) is 36.9 Å². The molecule has 0 saturated heterocycles. The highest BCUT2D eigenvalue weighted by Gasteiger charge is 2.25. The Morgan fingerprint density at radius 2 is 1.49 bits per heavy atom. The van der Waals surface area contributed by atoms with E-state index in [4.69, 9.17) is 27.9 Å². The molecule has 0 atom stereocenters. The van der Waals surface area contributed by atoms with E-state index in [0.717, 1.165) is 36.9 Å². The van der Waals surface area contributed by atoms with Crippen LogP contribution in [0.15, 0.2) is 66.7 Å². The van der Waals surface area contributed by atoms with Gasteiger partial charge in [0.2, 0.25) is 0 Å². The number of benzene rings is 3. The molecule has 1 heterocycles. The molecule has 3 aromatic carbocycles. The summed E-state index contributed by atoms with van der Waals surface area (Å²) in [7, 11) is 1.59. The molecule has 35 heavy (non-hydrogen) atoms. The second-order valence-electron chi connectivity index (χ2n) is 8.56. The third-order valence-electron chi connectivity index (χ3n) is 6.23.